The molecular weight excluding hydrogens is 272 g/mol. The summed E-state index contributed by atoms with van der Waals surface area (Å²) in [5, 5.41) is 0.515. The Kier molecular flexibility index (Phi) is 3.61. The van der Waals surface area contributed by atoms with Gasteiger partial charge in [0.1, 0.15) is 5.52 Å². The minimum Gasteiger partial charge on any atom is -0.441 e. The first kappa shape index (κ1) is 13.0. The van der Waals surface area contributed by atoms with Crippen LogP contribution < -0.4 is 5.73 Å². The maximum Gasteiger partial charge on any atom is 0.195 e. The number of oxazole rings is 1. The van der Waals surface area contributed by atoms with Crippen LogP contribution in [0, 0.1) is 0 Å². The van der Waals surface area contributed by atoms with E-state index >= 15 is 0 Å². The fourth-order valence-corrected chi connectivity index (χ4v) is 2.37. The molecule has 3 aromatic rings. The molecule has 0 saturated heterocycles. The first-order chi connectivity index (χ1) is 9.72. The maximum absolute atomic E-state index is 5.97. The number of hydrogen-bond donors (Lipinski definition) is 1. The Bertz CT molecular complexity index is 683. The Morgan fingerprint density at radius 2 is 1.90 bits per heavy atom. The first-order valence-corrected chi connectivity index (χ1v) is 6.98. The Balaban J connectivity index is 1.69. The number of nitrogens with two attached hydrogens (primary N) is 1. The fourth-order valence-electron chi connectivity index (χ4n) is 2.21. The minimum absolute atomic E-state index is 0.515. The topological polar surface area (TPSA) is 52.0 Å². The van der Waals surface area contributed by atoms with Gasteiger partial charge in [-0.05, 0) is 24.5 Å². The van der Waals surface area contributed by atoms with Crippen molar-refractivity contribution in [2.75, 3.05) is 5.73 Å². The normalized spacial score (nSPS) is 11.1. The second kappa shape index (κ2) is 5.55. The highest BCUT2D eigenvalue weighted by atomic mass is 35.5. The molecule has 0 aliphatic carbocycles. The van der Waals surface area contributed by atoms with Crippen LogP contribution in [0.2, 0.25) is 5.02 Å². The van der Waals surface area contributed by atoms with Gasteiger partial charge in [0, 0.05) is 12.5 Å². The van der Waals surface area contributed by atoms with E-state index in [-0.39, 0.29) is 0 Å². The van der Waals surface area contributed by atoms with Crippen molar-refractivity contribution in [1.29, 1.82) is 0 Å². The molecule has 0 radical (unpaired) electrons. The summed E-state index contributed by atoms with van der Waals surface area (Å²) in [4.78, 5) is 4.44. The van der Waals surface area contributed by atoms with Crippen molar-refractivity contribution in [3.63, 3.8) is 0 Å². The molecule has 1 heterocycles. The number of nitrogens with zero attached hydrogens (tertiary/aromatic N) is 1. The molecule has 0 aliphatic rings. The highest BCUT2D eigenvalue weighted by Gasteiger charge is 2.08. The fraction of sp³-hybridized carbons (Fsp3) is 0.188. The molecule has 0 saturated carbocycles. The molecule has 3 nitrogen and oxygen atoms in total. The van der Waals surface area contributed by atoms with E-state index in [1.165, 1.54) is 5.56 Å². The quantitative estimate of drug-likeness (QED) is 0.730. The Morgan fingerprint density at radius 3 is 2.70 bits per heavy atom. The molecule has 2 N–H and O–H groups in total. The van der Waals surface area contributed by atoms with Crippen molar-refractivity contribution in [2.45, 2.75) is 19.3 Å². The summed E-state index contributed by atoms with van der Waals surface area (Å²) in [6.07, 6.45) is 2.82. The molecule has 3 rings (SSSR count). The van der Waals surface area contributed by atoms with Gasteiger partial charge in [-0.2, -0.15) is 0 Å². The zero-order valence-corrected chi connectivity index (χ0v) is 11.7. The molecule has 0 bridgehead atoms. The lowest BCUT2D eigenvalue weighted by Gasteiger charge is -1.98. The van der Waals surface area contributed by atoms with Crippen LogP contribution in [0.25, 0.3) is 11.1 Å². The standard InChI is InChI=1S/C16H15ClN2O/c17-12-9-14-15(10-13(12)18)20-16(19-14)8-4-7-11-5-2-1-3-6-11/h1-3,5-6,9-10H,4,7-8,18H2. The molecule has 0 atom stereocenters. The third-order valence-corrected chi connectivity index (χ3v) is 3.58. The van der Waals surface area contributed by atoms with Gasteiger partial charge in [0.2, 0.25) is 0 Å². The number of rotatable bonds is 4. The van der Waals surface area contributed by atoms with Gasteiger partial charge in [0.15, 0.2) is 11.5 Å². The molecule has 1 aromatic heterocycles. The summed E-state index contributed by atoms with van der Waals surface area (Å²) in [6.45, 7) is 0. The third kappa shape index (κ3) is 2.78. The number of halogens is 1. The summed E-state index contributed by atoms with van der Waals surface area (Å²) in [7, 11) is 0. The van der Waals surface area contributed by atoms with E-state index in [2.05, 4.69) is 29.2 Å². The zero-order valence-electron chi connectivity index (χ0n) is 11.0. The van der Waals surface area contributed by atoms with Crippen LogP contribution in [0.4, 0.5) is 5.69 Å². The molecule has 4 heteroatoms. The molecule has 0 amide bonds. The van der Waals surface area contributed by atoms with E-state index in [1.54, 1.807) is 12.1 Å². The van der Waals surface area contributed by atoms with Crippen LogP contribution in [0.15, 0.2) is 46.9 Å². The predicted octanol–water partition coefficient (Wildman–Crippen LogP) is 4.24. The molecule has 0 aliphatic heterocycles. The van der Waals surface area contributed by atoms with Gasteiger partial charge in [0.25, 0.3) is 0 Å². The summed E-state index contributed by atoms with van der Waals surface area (Å²) in [5.74, 6) is 0.734. The van der Waals surface area contributed by atoms with Crippen molar-refractivity contribution in [3.05, 3.63) is 58.9 Å². The second-order valence-corrected chi connectivity index (χ2v) is 5.20. The molecule has 20 heavy (non-hydrogen) atoms. The minimum atomic E-state index is 0.515. The van der Waals surface area contributed by atoms with Crippen molar-refractivity contribution in [3.8, 4) is 0 Å². The van der Waals surface area contributed by atoms with E-state index in [0.717, 1.165) is 30.7 Å². The summed E-state index contributed by atoms with van der Waals surface area (Å²) in [5.41, 5.74) is 9.06. The smallest absolute Gasteiger partial charge is 0.195 e. The van der Waals surface area contributed by atoms with Crippen LogP contribution in [0.5, 0.6) is 0 Å². The predicted molar refractivity (Wildman–Crippen MR) is 81.9 cm³/mol. The molecule has 0 spiro atoms. The summed E-state index contributed by atoms with van der Waals surface area (Å²) in [6, 6.07) is 13.9. The van der Waals surface area contributed by atoms with Gasteiger partial charge in [-0.25, -0.2) is 4.98 Å². The number of fused-ring (bicyclic) bond motifs is 1. The summed E-state index contributed by atoms with van der Waals surface area (Å²) >= 11 is 5.97. The van der Waals surface area contributed by atoms with E-state index < -0.39 is 0 Å². The molecular formula is C16H15ClN2O. The Morgan fingerprint density at radius 1 is 1.10 bits per heavy atom. The van der Waals surface area contributed by atoms with E-state index in [1.807, 2.05) is 6.07 Å². The third-order valence-electron chi connectivity index (χ3n) is 3.25. The monoisotopic (exact) mass is 286 g/mol. The zero-order chi connectivity index (χ0) is 13.9. The van der Waals surface area contributed by atoms with Gasteiger partial charge < -0.3 is 10.2 Å². The SMILES string of the molecule is Nc1cc2oc(CCCc3ccccc3)nc2cc1Cl. The van der Waals surface area contributed by atoms with Gasteiger partial charge >= 0.3 is 0 Å². The molecule has 102 valence electrons. The van der Waals surface area contributed by atoms with Crippen molar-refractivity contribution < 1.29 is 4.42 Å². The molecule has 0 unspecified atom stereocenters. The maximum atomic E-state index is 5.97. The average molecular weight is 287 g/mol. The number of nitrogen functional groups attached to an aromatic ring is 1. The largest absolute Gasteiger partial charge is 0.441 e. The highest BCUT2D eigenvalue weighted by molar-refractivity contribution is 6.33. The van der Waals surface area contributed by atoms with Gasteiger partial charge in [-0.1, -0.05) is 41.9 Å². The number of anilines is 1. The lowest BCUT2D eigenvalue weighted by Crippen LogP contribution is -1.89. The number of aryl methyl sites for hydroxylation is 2. The summed E-state index contributed by atoms with van der Waals surface area (Å²) < 4.78 is 5.69. The van der Waals surface area contributed by atoms with E-state index in [0.29, 0.717) is 16.3 Å². The second-order valence-electron chi connectivity index (χ2n) is 4.79. The lowest BCUT2D eigenvalue weighted by atomic mass is 10.1. The van der Waals surface area contributed by atoms with Gasteiger partial charge in [-0.3, -0.25) is 0 Å². The lowest BCUT2D eigenvalue weighted by molar-refractivity contribution is 0.519. The van der Waals surface area contributed by atoms with Crippen LogP contribution >= 0.6 is 11.6 Å². The highest BCUT2D eigenvalue weighted by Crippen LogP contribution is 2.26. The van der Waals surface area contributed by atoms with Crippen molar-refractivity contribution >= 4 is 28.4 Å². The Labute approximate surface area is 122 Å². The van der Waals surface area contributed by atoms with Crippen molar-refractivity contribution in [2.24, 2.45) is 0 Å². The van der Waals surface area contributed by atoms with E-state index in [4.69, 9.17) is 21.8 Å². The number of benzene rings is 2. The van der Waals surface area contributed by atoms with Crippen molar-refractivity contribution in [1.82, 2.24) is 4.98 Å². The van der Waals surface area contributed by atoms with E-state index in [9.17, 15) is 0 Å². The van der Waals surface area contributed by atoms with Crippen LogP contribution in [0.3, 0.4) is 0 Å². The molecule has 0 fully saturated rings. The molecule has 2 aromatic carbocycles. The average Bonchev–Trinajstić information content (AvgIpc) is 2.82. The van der Waals surface area contributed by atoms with Gasteiger partial charge in [0.05, 0.1) is 10.7 Å². The first-order valence-electron chi connectivity index (χ1n) is 6.61. The van der Waals surface area contributed by atoms with Gasteiger partial charge in [-0.15, -0.1) is 0 Å². The van der Waals surface area contributed by atoms with Crippen LogP contribution in [0.1, 0.15) is 17.9 Å². The number of aromatic nitrogens is 1. The number of hydrogen-bond acceptors (Lipinski definition) is 3. The van der Waals surface area contributed by atoms with Crippen LogP contribution in [-0.2, 0) is 12.8 Å². The Hall–Kier alpha value is -2.00. The van der Waals surface area contributed by atoms with Crippen LogP contribution in [-0.4, -0.2) is 4.98 Å².